The van der Waals surface area contributed by atoms with Crippen LogP contribution in [0.4, 0.5) is 0 Å². The van der Waals surface area contributed by atoms with Crippen molar-refractivity contribution in [1.29, 1.82) is 0 Å². The zero-order valence-corrected chi connectivity index (χ0v) is 12.8. The molecule has 0 aliphatic carbocycles. The molecule has 1 N–H and O–H groups in total. The van der Waals surface area contributed by atoms with Gasteiger partial charge in [0.1, 0.15) is 6.33 Å². The number of nitrogens with zero attached hydrogens (tertiary/aromatic N) is 4. The number of aryl methyl sites for hydroxylation is 1. The Bertz CT molecular complexity index is 785. The molecule has 0 spiro atoms. The number of hydrogen-bond acceptors (Lipinski definition) is 3. The predicted molar refractivity (Wildman–Crippen MR) is 79.3 cm³/mol. The van der Waals surface area contributed by atoms with E-state index in [1.165, 1.54) is 29.4 Å². The van der Waals surface area contributed by atoms with Crippen molar-refractivity contribution in [3.05, 3.63) is 27.2 Å². The highest BCUT2D eigenvalue weighted by atomic mass is 16.2. The number of aromatic nitrogens is 4. The van der Waals surface area contributed by atoms with E-state index in [0.717, 1.165) is 30.2 Å². The molecule has 1 saturated heterocycles. The summed E-state index contributed by atoms with van der Waals surface area (Å²) in [4.78, 5) is 30.0. The predicted octanol–water partition coefficient (Wildman–Crippen LogP) is -1.29. The number of quaternary nitrogens is 1. The molecule has 7 heteroatoms. The fourth-order valence-corrected chi connectivity index (χ4v) is 3.30. The number of likely N-dealkylation sites (tertiary alicyclic amines) is 1. The first-order chi connectivity index (χ1) is 9.99. The van der Waals surface area contributed by atoms with Crippen LogP contribution in [-0.4, -0.2) is 31.8 Å². The number of piperidine rings is 1. The van der Waals surface area contributed by atoms with Gasteiger partial charge in [-0.3, -0.25) is 18.5 Å². The van der Waals surface area contributed by atoms with Crippen LogP contribution in [0.25, 0.3) is 11.2 Å². The Hall–Kier alpha value is -1.89. The molecule has 1 fully saturated rings. The first kappa shape index (κ1) is 14.1. The summed E-state index contributed by atoms with van der Waals surface area (Å²) in [5, 5.41) is 0. The molecule has 7 nitrogen and oxygen atoms in total. The Morgan fingerprint density at radius 3 is 2.81 bits per heavy atom. The second-order valence-electron chi connectivity index (χ2n) is 6.20. The topological polar surface area (TPSA) is 66.3 Å². The minimum absolute atomic E-state index is 0.268. The van der Waals surface area contributed by atoms with E-state index in [9.17, 15) is 9.59 Å². The molecular weight excluding hydrogens is 270 g/mol. The molecule has 0 radical (unpaired) electrons. The molecule has 114 valence electrons. The van der Waals surface area contributed by atoms with Crippen molar-refractivity contribution in [2.45, 2.75) is 26.4 Å². The largest absolute Gasteiger partial charge is 0.332 e. The van der Waals surface area contributed by atoms with Gasteiger partial charge in [0.25, 0.3) is 5.56 Å². The molecule has 3 heterocycles. The summed E-state index contributed by atoms with van der Waals surface area (Å²) in [6, 6.07) is 0. The van der Waals surface area contributed by atoms with Gasteiger partial charge in [-0.2, -0.15) is 0 Å². The lowest BCUT2D eigenvalue weighted by Gasteiger charge is -2.28. The van der Waals surface area contributed by atoms with Gasteiger partial charge in [-0.25, -0.2) is 9.78 Å². The quantitative estimate of drug-likeness (QED) is 0.749. The van der Waals surface area contributed by atoms with E-state index >= 15 is 0 Å². The van der Waals surface area contributed by atoms with Gasteiger partial charge in [-0.05, 0) is 12.8 Å². The van der Waals surface area contributed by atoms with Crippen molar-refractivity contribution >= 4 is 11.2 Å². The Labute approximate surface area is 122 Å². The molecule has 2 aromatic rings. The third-order valence-electron chi connectivity index (χ3n) is 4.48. The average molecular weight is 292 g/mol. The second-order valence-corrected chi connectivity index (χ2v) is 6.20. The van der Waals surface area contributed by atoms with E-state index in [4.69, 9.17) is 0 Å². The van der Waals surface area contributed by atoms with Crippen LogP contribution in [0.3, 0.4) is 0 Å². The van der Waals surface area contributed by atoms with Gasteiger partial charge in [0.2, 0.25) is 0 Å². The molecule has 0 aromatic carbocycles. The van der Waals surface area contributed by atoms with Gasteiger partial charge in [-0.1, -0.05) is 6.92 Å². The maximum absolute atomic E-state index is 12.4. The van der Waals surface area contributed by atoms with Gasteiger partial charge in [0, 0.05) is 20.0 Å². The first-order valence-corrected chi connectivity index (χ1v) is 7.43. The first-order valence-electron chi connectivity index (χ1n) is 7.43. The Balaban J connectivity index is 2.04. The summed E-state index contributed by atoms with van der Waals surface area (Å²) in [5.74, 6) is 0.718. The SMILES string of the molecule is C[C@@H]1CCC[NH+](Cn2cnc3c2c(=O)n(C)c(=O)n3C)C1. The van der Waals surface area contributed by atoms with Crippen LogP contribution in [0.5, 0.6) is 0 Å². The summed E-state index contributed by atoms with van der Waals surface area (Å²) in [6.07, 6.45) is 4.18. The lowest BCUT2D eigenvalue weighted by atomic mass is 10.0. The maximum atomic E-state index is 12.4. The monoisotopic (exact) mass is 292 g/mol. The highest BCUT2D eigenvalue weighted by molar-refractivity contribution is 5.69. The fourth-order valence-electron chi connectivity index (χ4n) is 3.30. The van der Waals surface area contributed by atoms with E-state index in [1.54, 1.807) is 13.4 Å². The minimum Gasteiger partial charge on any atom is -0.317 e. The number of rotatable bonds is 2. The number of fused-ring (bicyclic) bond motifs is 1. The molecule has 21 heavy (non-hydrogen) atoms. The van der Waals surface area contributed by atoms with Crippen molar-refractivity contribution in [3.63, 3.8) is 0 Å². The third-order valence-corrected chi connectivity index (χ3v) is 4.48. The van der Waals surface area contributed by atoms with Crippen LogP contribution in [0.15, 0.2) is 15.9 Å². The van der Waals surface area contributed by atoms with Gasteiger partial charge in [0.15, 0.2) is 17.8 Å². The van der Waals surface area contributed by atoms with Crippen molar-refractivity contribution in [1.82, 2.24) is 18.7 Å². The van der Waals surface area contributed by atoms with Crippen LogP contribution in [0.1, 0.15) is 19.8 Å². The number of hydrogen-bond donors (Lipinski definition) is 1. The van der Waals surface area contributed by atoms with Crippen molar-refractivity contribution in [2.75, 3.05) is 13.1 Å². The molecule has 1 aliphatic rings. The summed E-state index contributed by atoms with van der Waals surface area (Å²) < 4.78 is 4.47. The smallest absolute Gasteiger partial charge is 0.317 e. The zero-order chi connectivity index (χ0) is 15.1. The fraction of sp³-hybridized carbons (Fsp3) is 0.643. The Morgan fingerprint density at radius 1 is 1.33 bits per heavy atom. The normalized spacial score (nSPS) is 22.8. The zero-order valence-electron chi connectivity index (χ0n) is 12.8. The van der Waals surface area contributed by atoms with Crippen LogP contribution >= 0.6 is 0 Å². The molecule has 2 atom stereocenters. The van der Waals surface area contributed by atoms with Crippen LogP contribution < -0.4 is 16.1 Å². The van der Waals surface area contributed by atoms with E-state index < -0.39 is 0 Å². The van der Waals surface area contributed by atoms with Crippen LogP contribution in [0, 0.1) is 5.92 Å². The van der Waals surface area contributed by atoms with E-state index in [0.29, 0.717) is 11.2 Å². The number of nitrogens with one attached hydrogen (secondary N) is 1. The van der Waals surface area contributed by atoms with Crippen molar-refractivity contribution < 1.29 is 4.90 Å². The van der Waals surface area contributed by atoms with E-state index in [1.807, 2.05) is 4.57 Å². The maximum Gasteiger partial charge on any atom is 0.332 e. The minimum atomic E-state index is -0.336. The van der Waals surface area contributed by atoms with Crippen molar-refractivity contribution in [3.8, 4) is 0 Å². The van der Waals surface area contributed by atoms with E-state index in [2.05, 4.69) is 11.9 Å². The van der Waals surface area contributed by atoms with Gasteiger partial charge < -0.3 is 4.90 Å². The summed E-state index contributed by atoms with van der Waals surface area (Å²) >= 11 is 0. The van der Waals surface area contributed by atoms with E-state index in [-0.39, 0.29) is 11.2 Å². The second kappa shape index (κ2) is 5.14. The molecule has 0 amide bonds. The lowest BCUT2D eigenvalue weighted by Crippen LogP contribution is -3.12. The highest BCUT2D eigenvalue weighted by Crippen LogP contribution is 2.07. The van der Waals surface area contributed by atoms with Gasteiger partial charge in [0.05, 0.1) is 13.1 Å². The summed E-state index contributed by atoms with van der Waals surface area (Å²) in [7, 11) is 3.16. The number of imidazole rings is 1. The molecule has 3 rings (SSSR count). The van der Waals surface area contributed by atoms with Crippen LogP contribution in [0.2, 0.25) is 0 Å². The van der Waals surface area contributed by atoms with Gasteiger partial charge in [-0.15, -0.1) is 0 Å². The Kier molecular flexibility index (Phi) is 3.44. The highest BCUT2D eigenvalue weighted by Gasteiger charge is 2.22. The molecule has 1 unspecified atom stereocenters. The van der Waals surface area contributed by atoms with Gasteiger partial charge >= 0.3 is 5.69 Å². The van der Waals surface area contributed by atoms with Crippen LogP contribution in [-0.2, 0) is 20.8 Å². The molecule has 0 saturated carbocycles. The summed E-state index contributed by atoms with van der Waals surface area (Å²) in [5.41, 5.74) is 0.379. The molecular formula is C14H22N5O2+. The standard InChI is InChI=1S/C14H21N5O2/c1-10-5-4-6-18(7-10)9-19-8-15-12-11(19)13(20)17(3)14(21)16(12)2/h8,10H,4-7,9H2,1-3H3/p+1/t10-/m1/s1. The molecule has 2 aromatic heterocycles. The third kappa shape index (κ3) is 2.31. The lowest BCUT2D eigenvalue weighted by molar-refractivity contribution is -0.930. The summed E-state index contributed by atoms with van der Waals surface area (Å²) in [6.45, 7) is 5.24. The molecule has 0 bridgehead atoms. The average Bonchev–Trinajstić information content (AvgIpc) is 2.87. The molecule has 1 aliphatic heterocycles. The Morgan fingerprint density at radius 2 is 2.10 bits per heavy atom. The van der Waals surface area contributed by atoms with Crippen molar-refractivity contribution in [2.24, 2.45) is 20.0 Å².